The molecule has 1 saturated heterocycles. The summed E-state index contributed by atoms with van der Waals surface area (Å²) in [5.74, 6) is 0.503. The third-order valence-corrected chi connectivity index (χ3v) is 5.47. The highest BCUT2D eigenvalue weighted by Crippen LogP contribution is 2.29. The Bertz CT molecular complexity index is 700. The number of aromatic nitrogens is 2. The van der Waals surface area contributed by atoms with Crippen molar-refractivity contribution >= 4 is 17.2 Å². The van der Waals surface area contributed by atoms with E-state index in [4.69, 9.17) is 0 Å². The Labute approximate surface area is 144 Å². The second-order valence-electron chi connectivity index (χ2n) is 6.27. The minimum Gasteiger partial charge on any atom is -0.349 e. The molecule has 1 unspecified atom stereocenters. The van der Waals surface area contributed by atoms with Crippen LogP contribution in [0, 0.1) is 5.92 Å². The van der Waals surface area contributed by atoms with Crippen LogP contribution in [0.4, 0.5) is 0 Å². The molecule has 0 spiro atoms. The standard InChI is InChI=1S/C17H22N4O2S/c1-12-6-8-21(9-7-12)14(15-3-2-10-24-15)11-18-17(23)13-4-5-16(22)20-19-13/h2-5,10,12,14H,6-9,11H2,1H3,(H,18,23)(H,20,22). The number of thiophene rings is 1. The van der Waals surface area contributed by atoms with Crippen LogP contribution in [0.2, 0.25) is 0 Å². The molecule has 2 aromatic rings. The molecule has 1 amide bonds. The fourth-order valence-electron chi connectivity index (χ4n) is 2.98. The summed E-state index contributed by atoms with van der Waals surface area (Å²) in [6.07, 6.45) is 2.38. The number of H-pyrrole nitrogens is 1. The summed E-state index contributed by atoms with van der Waals surface area (Å²) in [5, 5.41) is 11.1. The number of piperidine rings is 1. The van der Waals surface area contributed by atoms with E-state index in [1.165, 1.54) is 29.9 Å². The number of amides is 1. The van der Waals surface area contributed by atoms with Gasteiger partial charge in [-0.2, -0.15) is 5.10 Å². The summed E-state index contributed by atoms with van der Waals surface area (Å²) < 4.78 is 0. The van der Waals surface area contributed by atoms with Crippen molar-refractivity contribution in [2.24, 2.45) is 5.92 Å². The Hall–Kier alpha value is -1.99. The average Bonchev–Trinajstić information content (AvgIpc) is 3.11. The molecule has 6 nitrogen and oxygen atoms in total. The maximum absolute atomic E-state index is 12.3. The largest absolute Gasteiger partial charge is 0.349 e. The highest BCUT2D eigenvalue weighted by Gasteiger charge is 2.26. The number of nitrogens with zero attached hydrogens (tertiary/aromatic N) is 2. The highest BCUT2D eigenvalue weighted by atomic mass is 32.1. The first-order chi connectivity index (χ1) is 11.6. The third-order valence-electron chi connectivity index (χ3n) is 4.50. The van der Waals surface area contributed by atoms with Crippen molar-refractivity contribution < 1.29 is 4.79 Å². The summed E-state index contributed by atoms with van der Waals surface area (Å²) in [7, 11) is 0. The summed E-state index contributed by atoms with van der Waals surface area (Å²) in [6, 6.07) is 7.11. The van der Waals surface area contributed by atoms with E-state index < -0.39 is 0 Å². The number of hydrogen-bond donors (Lipinski definition) is 2. The van der Waals surface area contributed by atoms with Crippen molar-refractivity contribution in [2.45, 2.75) is 25.8 Å². The van der Waals surface area contributed by atoms with Crippen molar-refractivity contribution in [2.75, 3.05) is 19.6 Å². The third kappa shape index (κ3) is 4.10. The van der Waals surface area contributed by atoms with E-state index in [9.17, 15) is 9.59 Å². The van der Waals surface area contributed by atoms with Gasteiger partial charge in [-0.3, -0.25) is 14.5 Å². The van der Waals surface area contributed by atoms with E-state index in [0.29, 0.717) is 6.54 Å². The van der Waals surface area contributed by atoms with E-state index in [0.717, 1.165) is 19.0 Å². The molecular weight excluding hydrogens is 324 g/mol. The first-order valence-electron chi connectivity index (χ1n) is 8.25. The highest BCUT2D eigenvalue weighted by molar-refractivity contribution is 7.10. The van der Waals surface area contributed by atoms with Gasteiger partial charge in [0.1, 0.15) is 5.69 Å². The zero-order valence-electron chi connectivity index (χ0n) is 13.7. The minimum absolute atomic E-state index is 0.184. The lowest BCUT2D eigenvalue weighted by Crippen LogP contribution is -2.41. The molecule has 0 radical (unpaired) electrons. The van der Waals surface area contributed by atoms with Crippen LogP contribution >= 0.6 is 11.3 Å². The van der Waals surface area contributed by atoms with E-state index in [2.05, 4.69) is 38.8 Å². The predicted molar refractivity (Wildman–Crippen MR) is 94.2 cm³/mol. The molecule has 0 saturated carbocycles. The minimum atomic E-state index is -0.314. The van der Waals surface area contributed by atoms with Crippen LogP contribution in [0.15, 0.2) is 34.4 Å². The number of likely N-dealkylation sites (tertiary alicyclic amines) is 1. The predicted octanol–water partition coefficient (Wildman–Crippen LogP) is 2.03. The molecule has 1 fully saturated rings. The molecule has 2 N–H and O–H groups in total. The van der Waals surface area contributed by atoms with Crippen LogP contribution in [0.5, 0.6) is 0 Å². The van der Waals surface area contributed by atoms with Crippen LogP contribution in [-0.4, -0.2) is 40.6 Å². The Kier molecular flexibility index (Phi) is 5.42. The number of aromatic amines is 1. The summed E-state index contributed by atoms with van der Waals surface area (Å²) in [6.45, 7) is 4.93. The van der Waals surface area contributed by atoms with Crippen molar-refractivity contribution in [1.29, 1.82) is 0 Å². The number of carbonyl (C=O) groups excluding carboxylic acids is 1. The second-order valence-corrected chi connectivity index (χ2v) is 7.25. The van der Waals surface area contributed by atoms with Gasteiger partial charge in [-0.1, -0.05) is 13.0 Å². The Morgan fingerprint density at radius 3 is 2.83 bits per heavy atom. The van der Waals surface area contributed by atoms with Crippen LogP contribution in [-0.2, 0) is 0 Å². The SMILES string of the molecule is CC1CCN(C(CNC(=O)c2ccc(=O)[nH]n2)c2cccs2)CC1. The van der Waals surface area contributed by atoms with E-state index in [1.54, 1.807) is 11.3 Å². The molecule has 128 valence electrons. The van der Waals surface area contributed by atoms with Gasteiger partial charge >= 0.3 is 0 Å². The Morgan fingerprint density at radius 1 is 1.42 bits per heavy atom. The molecular formula is C17H22N4O2S. The fourth-order valence-corrected chi connectivity index (χ4v) is 3.84. The first kappa shape index (κ1) is 16.9. The molecule has 0 bridgehead atoms. The maximum Gasteiger partial charge on any atom is 0.271 e. The van der Waals surface area contributed by atoms with Gasteiger partial charge in [0, 0.05) is 17.5 Å². The molecule has 7 heteroatoms. The zero-order valence-corrected chi connectivity index (χ0v) is 14.5. The molecule has 0 aromatic carbocycles. The van der Waals surface area contributed by atoms with Crippen molar-refractivity contribution in [3.05, 3.63) is 50.6 Å². The van der Waals surface area contributed by atoms with Crippen molar-refractivity contribution in [3.8, 4) is 0 Å². The quantitative estimate of drug-likeness (QED) is 0.868. The molecule has 0 aliphatic carbocycles. The monoisotopic (exact) mass is 346 g/mol. The van der Waals surface area contributed by atoms with Gasteiger partial charge in [-0.15, -0.1) is 11.3 Å². The molecule has 1 aliphatic heterocycles. The summed E-state index contributed by atoms with van der Waals surface area (Å²) in [5.41, 5.74) is -0.0859. The normalized spacial score (nSPS) is 17.5. The molecule has 2 aromatic heterocycles. The number of carbonyl (C=O) groups is 1. The smallest absolute Gasteiger partial charge is 0.271 e. The summed E-state index contributed by atoms with van der Waals surface area (Å²) >= 11 is 1.72. The van der Waals surface area contributed by atoms with E-state index in [1.807, 2.05) is 6.07 Å². The van der Waals surface area contributed by atoms with Gasteiger partial charge < -0.3 is 5.32 Å². The number of hydrogen-bond acceptors (Lipinski definition) is 5. The molecule has 24 heavy (non-hydrogen) atoms. The van der Waals surface area contributed by atoms with Gasteiger partial charge in [0.2, 0.25) is 0 Å². The van der Waals surface area contributed by atoms with Gasteiger partial charge in [-0.05, 0) is 49.4 Å². The lowest BCUT2D eigenvalue weighted by Gasteiger charge is -2.36. The lowest BCUT2D eigenvalue weighted by molar-refractivity contribution is 0.0909. The maximum atomic E-state index is 12.3. The van der Waals surface area contributed by atoms with E-state index >= 15 is 0 Å². The Balaban J connectivity index is 1.67. The summed E-state index contributed by atoms with van der Waals surface area (Å²) in [4.78, 5) is 27.0. The molecule has 3 heterocycles. The zero-order chi connectivity index (χ0) is 16.9. The second kappa shape index (κ2) is 7.72. The first-order valence-corrected chi connectivity index (χ1v) is 9.13. The molecule has 1 atom stereocenters. The van der Waals surface area contributed by atoms with Gasteiger partial charge in [0.05, 0.1) is 6.04 Å². The van der Waals surface area contributed by atoms with Crippen LogP contribution in [0.25, 0.3) is 0 Å². The van der Waals surface area contributed by atoms with Crippen LogP contribution < -0.4 is 10.9 Å². The lowest BCUT2D eigenvalue weighted by atomic mass is 9.97. The average molecular weight is 346 g/mol. The van der Waals surface area contributed by atoms with Crippen molar-refractivity contribution in [1.82, 2.24) is 20.4 Å². The number of rotatable bonds is 5. The molecule has 1 aliphatic rings. The Morgan fingerprint density at radius 2 is 2.21 bits per heavy atom. The van der Waals surface area contributed by atoms with Gasteiger partial charge in [0.25, 0.3) is 11.5 Å². The molecule has 3 rings (SSSR count). The van der Waals surface area contributed by atoms with Gasteiger partial charge in [-0.25, -0.2) is 5.10 Å². The van der Waals surface area contributed by atoms with E-state index in [-0.39, 0.29) is 23.2 Å². The van der Waals surface area contributed by atoms with Crippen molar-refractivity contribution in [3.63, 3.8) is 0 Å². The fraction of sp³-hybridized carbons (Fsp3) is 0.471. The topological polar surface area (TPSA) is 78.1 Å². The van der Waals surface area contributed by atoms with Crippen LogP contribution in [0.3, 0.4) is 0 Å². The number of nitrogens with one attached hydrogen (secondary N) is 2. The van der Waals surface area contributed by atoms with Crippen LogP contribution in [0.1, 0.15) is 41.2 Å². The van der Waals surface area contributed by atoms with Gasteiger partial charge in [0.15, 0.2) is 0 Å².